The molecular weight excluding hydrogens is 314 g/mol. The van der Waals surface area contributed by atoms with Crippen LogP contribution in [0.1, 0.15) is 46.1 Å². The lowest BCUT2D eigenvalue weighted by Gasteiger charge is -2.14. The van der Waals surface area contributed by atoms with Gasteiger partial charge in [-0.3, -0.25) is 9.48 Å². The van der Waals surface area contributed by atoms with Gasteiger partial charge in [-0.05, 0) is 45.4 Å². The summed E-state index contributed by atoms with van der Waals surface area (Å²) in [6.45, 7) is 7.97. The molecule has 0 radical (unpaired) electrons. The molecule has 0 aliphatic heterocycles. The summed E-state index contributed by atoms with van der Waals surface area (Å²) in [6.07, 6.45) is 1.49. The summed E-state index contributed by atoms with van der Waals surface area (Å²) in [4.78, 5) is 17.0. The summed E-state index contributed by atoms with van der Waals surface area (Å²) in [6, 6.07) is 9.88. The van der Waals surface area contributed by atoms with Gasteiger partial charge in [0.1, 0.15) is 12.2 Å². The number of carbonyl (C=O) groups is 1. The number of hydrogen-bond acceptors (Lipinski definition) is 3. The highest BCUT2D eigenvalue weighted by Gasteiger charge is 2.20. The SMILES string of the molecule is Cc1ccccc1-n1c(C)cc(C(=O)NC(C)c2ncnn2C)c1C. The zero-order valence-corrected chi connectivity index (χ0v) is 15.2. The molecule has 25 heavy (non-hydrogen) atoms. The molecule has 1 atom stereocenters. The lowest BCUT2D eigenvalue weighted by molar-refractivity contribution is 0.0937. The van der Waals surface area contributed by atoms with Crippen molar-refractivity contribution < 1.29 is 4.79 Å². The van der Waals surface area contributed by atoms with Gasteiger partial charge < -0.3 is 9.88 Å². The number of para-hydroxylation sites is 1. The number of benzene rings is 1. The summed E-state index contributed by atoms with van der Waals surface area (Å²) in [5.41, 5.74) is 4.90. The Kier molecular flexibility index (Phi) is 4.44. The van der Waals surface area contributed by atoms with Crippen LogP contribution in [0.25, 0.3) is 5.69 Å². The summed E-state index contributed by atoms with van der Waals surface area (Å²) in [5.74, 6) is 0.615. The average Bonchev–Trinajstić information content (AvgIpc) is 3.12. The Morgan fingerprint density at radius 2 is 1.92 bits per heavy atom. The highest BCUT2D eigenvalue weighted by atomic mass is 16.1. The van der Waals surface area contributed by atoms with Gasteiger partial charge in [0.2, 0.25) is 0 Å². The van der Waals surface area contributed by atoms with E-state index in [0.29, 0.717) is 5.56 Å². The molecule has 0 aliphatic carbocycles. The Labute approximate surface area is 147 Å². The maximum Gasteiger partial charge on any atom is 0.253 e. The lowest BCUT2D eigenvalue weighted by atomic mass is 10.2. The Morgan fingerprint density at radius 1 is 1.20 bits per heavy atom. The molecule has 0 fully saturated rings. The lowest BCUT2D eigenvalue weighted by Crippen LogP contribution is -2.28. The zero-order chi connectivity index (χ0) is 18.1. The van der Waals surface area contributed by atoms with E-state index < -0.39 is 0 Å². The quantitative estimate of drug-likeness (QED) is 0.796. The van der Waals surface area contributed by atoms with Crippen LogP contribution in [0, 0.1) is 20.8 Å². The van der Waals surface area contributed by atoms with E-state index in [0.717, 1.165) is 22.9 Å². The van der Waals surface area contributed by atoms with Crippen molar-refractivity contribution >= 4 is 5.91 Å². The topological polar surface area (TPSA) is 64.7 Å². The van der Waals surface area contributed by atoms with Crippen LogP contribution >= 0.6 is 0 Å². The van der Waals surface area contributed by atoms with E-state index in [1.807, 2.05) is 46.0 Å². The third-order valence-electron chi connectivity index (χ3n) is 4.51. The van der Waals surface area contributed by atoms with Crippen LogP contribution in [0.5, 0.6) is 0 Å². The van der Waals surface area contributed by atoms with Gasteiger partial charge in [0.15, 0.2) is 0 Å². The largest absolute Gasteiger partial charge is 0.342 e. The number of hydrogen-bond donors (Lipinski definition) is 1. The number of amides is 1. The molecule has 6 nitrogen and oxygen atoms in total. The fraction of sp³-hybridized carbons (Fsp3) is 0.316. The fourth-order valence-electron chi connectivity index (χ4n) is 3.21. The van der Waals surface area contributed by atoms with E-state index in [2.05, 4.69) is 39.0 Å². The molecule has 0 spiro atoms. The van der Waals surface area contributed by atoms with E-state index >= 15 is 0 Å². The van der Waals surface area contributed by atoms with E-state index in [4.69, 9.17) is 0 Å². The number of aryl methyl sites for hydroxylation is 3. The Morgan fingerprint density at radius 3 is 2.56 bits per heavy atom. The summed E-state index contributed by atoms with van der Waals surface area (Å²) in [5, 5.41) is 7.06. The van der Waals surface area contributed by atoms with Gasteiger partial charge in [-0.2, -0.15) is 5.10 Å². The molecule has 3 rings (SSSR count). The van der Waals surface area contributed by atoms with Crippen molar-refractivity contribution in [2.45, 2.75) is 33.7 Å². The Bertz CT molecular complexity index is 922. The minimum absolute atomic E-state index is 0.108. The predicted octanol–water partition coefficient (Wildman–Crippen LogP) is 3.02. The van der Waals surface area contributed by atoms with Crippen molar-refractivity contribution in [3.8, 4) is 5.69 Å². The van der Waals surface area contributed by atoms with Gasteiger partial charge in [0.05, 0.1) is 11.6 Å². The smallest absolute Gasteiger partial charge is 0.253 e. The summed E-state index contributed by atoms with van der Waals surface area (Å²) >= 11 is 0. The van der Waals surface area contributed by atoms with E-state index in [9.17, 15) is 4.79 Å². The number of aromatic nitrogens is 4. The second-order valence-corrected chi connectivity index (χ2v) is 6.34. The highest BCUT2D eigenvalue weighted by molar-refractivity contribution is 5.96. The highest BCUT2D eigenvalue weighted by Crippen LogP contribution is 2.23. The molecule has 0 saturated carbocycles. The number of rotatable bonds is 4. The molecule has 2 heterocycles. The van der Waals surface area contributed by atoms with Gasteiger partial charge >= 0.3 is 0 Å². The van der Waals surface area contributed by atoms with Crippen LogP contribution in [0.2, 0.25) is 0 Å². The van der Waals surface area contributed by atoms with E-state index in [1.165, 1.54) is 11.9 Å². The molecule has 2 aromatic heterocycles. The predicted molar refractivity (Wildman–Crippen MR) is 96.9 cm³/mol. The van der Waals surface area contributed by atoms with Crippen LogP contribution in [0.4, 0.5) is 0 Å². The van der Waals surface area contributed by atoms with Crippen molar-refractivity contribution in [2.24, 2.45) is 7.05 Å². The first-order chi connectivity index (χ1) is 11.9. The van der Waals surface area contributed by atoms with Crippen molar-refractivity contribution in [1.82, 2.24) is 24.6 Å². The standard InChI is InChI=1S/C19H23N5O/c1-12-8-6-7-9-17(12)24-13(2)10-16(15(24)4)19(25)22-14(3)18-20-11-21-23(18)5/h6-11,14H,1-5H3,(H,22,25). The summed E-state index contributed by atoms with van der Waals surface area (Å²) in [7, 11) is 1.81. The van der Waals surface area contributed by atoms with Crippen molar-refractivity contribution in [3.05, 3.63) is 65.0 Å². The molecule has 1 aromatic carbocycles. The normalized spacial score (nSPS) is 12.2. The van der Waals surface area contributed by atoms with Crippen molar-refractivity contribution in [3.63, 3.8) is 0 Å². The van der Waals surface area contributed by atoms with Gasteiger partial charge in [-0.15, -0.1) is 0 Å². The molecule has 1 amide bonds. The molecule has 1 unspecified atom stereocenters. The minimum atomic E-state index is -0.221. The molecule has 6 heteroatoms. The van der Waals surface area contributed by atoms with Crippen molar-refractivity contribution in [2.75, 3.05) is 0 Å². The zero-order valence-electron chi connectivity index (χ0n) is 15.2. The second kappa shape index (κ2) is 6.55. The third kappa shape index (κ3) is 3.07. The average molecular weight is 337 g/mol. The molecule has 1 N–H and O–H groups in total. The van der Waals surface area contributed by atoms with Crippen LogP contribution < -0.4 is 5.32 Å². The second-order valence-electron chi connectivity index (χ2n) is 6.34. The number of carbonyl (C=O) groups excluding carboxylic acids is 1. The van der Waals surface area contributed by atoms with Gasteiger partial charge in [0.25, 0.3) is 5.91 Å². The first-order valence-corrected chi connectivity index (χ1v) is 8.30. The number of nitrogens with one attached hydrogen (secondary N) is 1. The molecule has 130 valence electrons. The molecule has 3 aromatic rings. The van der Waals surface area contributed by atoms with E-state index in [1.54, 1.807) is 4.68 Å². The minimum Gasteiger partial charge on any atom is -0.342 e. The molecule has 0 bridgehead atoms. The first kappa shape index (κ1) is 17.0. The fourth-order valence-corrected chi connectivity index (χ4v) is 3.21. The molecule has 0 aliphatic rings. The molecular formula is C19H23N5O. The Hall–Kier alpha value is -2.89. The maximum atomic E-state index is 12.8. The van der Waals surface area contributed by atoms with E-state index in [-0.39, 0.29) is 11.9 Å². The summed E-state index contributed by atoms with van der Waals surface area (Å²) < 4.78 is 3.79. The van der Waals surface area contributed by atoms with Crippen LogP contribution in [-0.4, -0.2) is 25.2 Å². The Balaban J connectivity index is 1.91. The monoisotopic (exact) mass is 337 g/mol. The van der Waals surface area contributed by atoms with Crippen LogP contribution in [0.15, 0.2) is 36.7 Å². The first-order valence-electron chi connectivity index (χ1n) is 8.30. The third-order valence-corrected chi connectivity index (χ3v) is 4.51. The van der Waals surface area contributed by atoms with Gasteiger partial charge in [-0.1, -0.05) is 18.2 Å². The maximum absolute atomic E-state index is 12.8. The number of nitrogens with zero attached hydrogens (tertiary/aromatic N) is 4. The van der Waals surface area contributed by atoms with Crippen molar-refractivity contribution in [1.29, 1.82) is 0 Å². The van der Waals surface area contributed by atoms with Crippen LogP contribution in [0.3, 0.4) is 0 Å². The molecule has 0 saturated heterocycles. The van der Waals surface area contributed by atoms with Gasteiger partial charge in [-0.25, -0.2) is 4.98 Å². The van der Waals surface area contributed by atoms with Gasteiger partial charge in [0, 0.05) is 24.1 Å². The van der Waals surface area contributed by atoms with Crippen LogP contribution in [-0.2, 0) is 7.05 Å².